The summed E-state index contributed by atoms with van der Waals surface area (Å²) < 4.78 is 0. The maximum Gasteiger partial charge on any atom is 0.131 e. The molecule has 0 unspecified atom stereocenters. The van der Waals surface area contributed by atoms with Crippen LogP contribution in [0.1, 0.15) is 44.9 Å². The third-order valence-electron chi connectivity index (χ3n) is 2.37. The summed E-state index contributed by atoms with van der Waals surface area (Å²) in [6, 6.07) is 0. The van der Waals surface area contributed by atoms with Gasteiger partial charge >= 0.3 is 0 Å². The second-order valence-corrected chi connectivity index (χ2v) is 3.47. The second-order valence-electron chi connectivity index (χ2n) is 3.47. The summed E-state index contributed by atoms with van der Waals surface area (Å²) in [4.78, 5) is 19.2. The Bertz CT molecular complexity index is 185. The van der Waals surface area contributed by atoms with E-state index in [9.17, 15) is 9.59 Å². The fourth-order valence-corrected chi connectivity index (χ4v) is 1.65. The van der Waals surface area contributed by atoms with Gasteiger partial charge in [0.1, 0.15) is 12.6 Å². The van der Waals surface area contributed by atoms with Crippen LogP contribution in [0.4, 0.5) is 0 Å². The first-order chi connectivity index (χ1) is 6.85. The van der Waals surface area contributed by atoms with E-state index in [1.165, 1.54) is 25.7 Å². The molecule has 0 N–H and O–H groups in total. The first kappa shape index (κ1) is 12.9. The van der Waals surface area contributed by atoms with E-state index in [0.717, 1.165) is 25.0 Å². The van der Waals surface area contributed by atoms with E-state index in [1.54, 1.807) is 0 Å². The maximum absolute atomic E-state index is 9.96. The van der Waals surface area contributed by atoms with Crippen molar-refractivity contribution in [2.45, 2.75) is 44.9 Å². The van der Waals surface area contributed by atoms with Crippen LogP contribution in [0.3, 0.4) is 0 Å². The summed E-state index contributed by atoms with van der Waals surface area (Å²) in [5, 5.41) is 0. The van der Waals surface area contributed by atoms with Crippen LogP contribution in [0.2, 0.25) is 0 Å². The molecule has 0 bridgehead atoms. The van der Waals surface area contributed by atoms with Gasteiger partial charge in [0.25, 0.3) is 0 Å². The van der Waals surface area contributed by atoms with Gasteiger partial charge in [0.05, 0.1) is 6.42 Å². The molecule has 0 amide bonds. The Morgan fingerprint density at radius 3 is 2.21 bits per heavy atom. The summed E-state index contributed by atoms with van der Waals surface area (Å²) in [6.07, 6.45) is 14.1. The molecular weight excluding hydrogens is 176 g/mol. The minimum absolute atomic E-state index is 0.236. The lowest BCUT2D eigenvalue weighted by Crippen LogP contribution is -1.92. The van der Waals surface area contributed by atoms with Crippen molar-refractivity contribution in [2.75, 3.05) is 0 Å². The standard InChI is InChI=1S/C8H14O.C4H4O/c9-7-3-6-8-4-1-2-5-8;1-2-3-4-5/h7-8H,1-6H2;1,4H,3H2. The average molecular weight is 194 g/mol. The van der Waals surface area contributed by atoms with Crippen LogP contribution in [-0.2, 0) is 9.59 Å². The molecule has 78 valence electrons. The molecule has 0 aromatic rings. The van der Waals surface area contributed by atoms with Gasteiger partial charge in [-0.05, 0) is 12.3 Å². The predicted molar refractivity (Wildman–Crippen MR) is 56.8 cm³/mol. The minimum Gasteiger partial charge on any atom is -0.303 e. The molecule has 1 rings (SSSR count). The molecular formula is C12H18O2. The Kier molecular flexibility index (Phi) is 9.20. The highest BCUT2D eigenvalue weighted by Gasteiger charge is 2.13. The summed E-state index contributed by atoms with van der Waals surface area (Å²) in [5.74, 6) is 3.03. The van der Waals surface area contributed by atoms with Crippen molar-refractivity contribution in [1.82, 2.24) is 0 Å². The van der Waals surface area contributed by atoms with Crippen LogP contribution in [0.25, 0.3) is 0 Å². The molecule has 1 aliphatic rings. The van der Waals surface area contributed by atoms with Crippen molar-refractivity contribution >= 4 is 12.6 Å². The predicted octanol–water partition coefficient (Wildman–Crippen LogP) is 2.36. The average Bonchev–Trinajstić information content (AvgIpc) is 2.69. The highest BCUT2D eigenvalue weighted by Crippen LogP contribution is 2.27. The van der Waals surface area contributed by atoms with Gasteiger partial charge in [-0.15, -0.1) is 6.42 Å². The molecule has 2 heteroatoms. The van der Waals surface area contributed by atoms with Gasteiger partial charge < -0.3 is 9.59 Å². The number of terminal acetylenes is 1. The lowest BCUT2D eigenvalue weighted by molar-refractivity contribution is -0.108. The van der Waals surface area contributed by atoms with E-state index >= 15 is 0 Å². The smallest absolute Gasteiger partial charge is 0.131 e. The molecule has 0 saturated heterocycles. The molecule has 14 heavy (non-hydrogen) atoms. The molecule has 0 atom stereocenters. The van der Waals surface area contributed by atoms with Crippen LogP contribution >= 0.6 is 0 Å². The molecule has 2 nitrogen and oxygen atoms in total. The van der Waals surface area contributed by atoms with E-state index in [2.05, 4.69) is 12.3 Å². The van der Waals surface area contributed by atoms with Crippen LogP contribution in [0.5, 0.6) is 0 Å². The van der Waals surface area contributed by atoms with Crippen molar-refractivity contribution < 1.29 is 9.59 Å². The van der Waals surface area contributed by atoms with Gasteiger partial charge in [0.15, 0.2) is 0 Å². The van der Waals surface area contributed by atoms with E-state index in [-0.39, 0.29) is 6.42 Å². The topological polar surface area (TPSA) is 34.1 Å². The second kappa shape index (κ2) is 9.98. The monoisotopic (exact) mass is 194 g/mol. The van der Waals surface area contributed by atoms with Crippen molar-refractivity contribution in [1.29, 1.82) is 0 Å². The SMILES string of the molecule is C#CCC=O.O=CCCC1CCCC1. The van der Waals surface area contributed by atoms with Gasteiger partial charge in [0, 0.05) is 6.42 Å². The molecule has 1 fully saturated rings. The Hall–Kier alpha value is -1.10. The zero-order chi connectivity index (χ0) is 10.6. The number of carbonyl (C=O) groups is 2. The Balaban J connectivity index is 0.000000292. The number of rotatable bonds is 4. The van der Waals surface area contributed by atoms with Crippen LogP contribution in [0, 0.1) is 18.3 Å². The zero-order valence-corrected chi connectivity index (χ0v) is 8.58. The van der Waals surface area contributed by atoms with Gasteiger partial charge in [-0.2, -0.15) is 0 Å². The fraction of sp³-hybridized carbons (Fsp3) is 0.667. The largest absolute Gasteiger partial charge is 0.303 e. The number of hydrogen-bond acceptors (Lipinski definition) is 2. The first-order valence-corrected chi connectivity index (χ1v) is 5.15. The summed E-state index contributed by atoms with van der Waals surface area (Å²) in [6.45, 7) is 0. The van der Waals surface area contributed by atoms with Gasteiger partial charge in [-0.3, -0.25) is 0 Å². The zero-order valence-electron chi connectivity index (χ0n) is 8.58. The maximum atomic E-state index is 9.96. The molecule has 0 aromatic carbocycles. The van der Waals surface area contributed by atoms with Gasteiger partial charge in [0.2, 0.25) is 0 Å². The normalized spacial score (nSPS) is 15.1. The molecule has 0 aromatic heterocycles. The molecule has 0 heterocycles. The molecule has 0 radical (unpaired) electrons. The summed E-state index contributed by atoms with van der Waals surface area (Å²) in [7, 11) is 0. The third-order valence-corrected chi connectivity index (χ3v) is 2.37. The van der Waals surface area contributed by atoms with Crippen molar-refractivity contribution in [3.63, 3.8) is 0 Å². The van der Waals surface area contributed by atoms with E-state index < -0.39 is 0 Å². The Morgan fingerprint density at radius 1 is 1.21 bits per heavy atom. The summed E-state index contributed by atoms with van der Waals surface area (Å²) >= 11 is 0. The molecule has 1 aliphatic carbocycles. The highest BCUT2D eigenvalue weighted by molar-refractivity contribution is 5.53. The number of aldehydes is 2. The lowest BCUT2D eigenvalue weighted by Gasteiger charge is -2.02. The highest BCUT2D eigenvalue weighted by atomic mass is 16.1. The van der Waals surface area contributed by atoms with Gasteiger partial charge in [-0.1, -0.05) is 31.6 Å². The summed E-state index contributed by atoms with van der Waals surface area (Å²) in [5.41, 5.74) is 0. The van der Waals surface area contributed by atoms with E-state index in [0.29, 0.717) is 6.29 Å². The Labute approximate surface area is 86.1 Å². The lowest BCUT2D eigenvalue weighted by atomic mass is 10.0. The number of carbonyl (C=O) groups excluding carboxylic acids is 2. The molecule has 0 spiro atoms. The molecule has 1 saturated carbocycles. The van der Waals surface area contributed by atoms with Crippen molar-refractivity contribution in [3.05, 3.63) is 0 Å². The van der Waals surface area contributed by atoms with Crippen molar-refractivity contribution in [3.8, 4) is 12.3 Å². The minimum atomic E-state index is 0.236. The number of hydrogen-bond donors (Lipinski definition) is 0. The third kappa shape index (κ3) is 7.54. The Morgan fingerprint density at radius 2 is 1.86 bits per heavy atom. The van der Waals surface area contributed by atoms with Crippen LogP contribution < -0.4 is 0 Å². The quantitative estimate of drug-likeness (QED) is 0.508. The molecule has 0 aliphatic heterocycles. The van der Waals surface area contributed by atoms with E-state index in [4.69, 9.17) is 0 Å². The van der Waals surface area contributed by atoms with Gasteiger partial charge in [-0.25, -0.2) is 0 Å². The van der Waals surface area contributed by atoms with Crippen molar-refractivity contribution in [2.24, 2.45) is 5.92 Å². The van der Waals surface area contributed by atoms with E-state index in [1.807, 2.05) is 0 Å². The first-order valence-electron chi connectivity index (χ1n) is 5.15. The van der Waals surface area contributed by atoms with Crippen LogP contribution in [-0.4, -0.2) is 12.6 Å². The fourth-order valence-electron chi connectivity index (χ4n) is 1.65. The van der Waals surface area contributed by atoms with Crippen LogP contribution in [0.15, 0.2) is 0 Å².